The molecule has 19 heteroatoms. The van der Waals surface area contributed by atoms with E-state index in [-0.39, 0.29) is 25.7 Å². The Balaban J connectivity index is 5.21. The molecule has 88 heavy (non-hydrogen) atoms. The quantitative estimate of drug-likeness (QED) is 0.0222. The summed E-state index contributed by atoms with van der Waals surface area (Å²) in [5.74, 6) is -1.32. The lowest BCUT2D eigenvalue weighted by atomic mass is 9.99. The minimum atomic E-state index is -4.95. The van der Waals surface area contributed by atoms with Gasteiger partial charge in [-0.05, 0) is 31.6 Å². The lowest BCUT2D eigenvalue weighted by molar-refractivity contribution is -0.161. The molecule has 0 rings (SSSR count). The largest absolute Gasteiger partial charge is 0.472 e. The van der Waals surface area contributed by atoms with Gasteiger partial charge in [-0.3, -0.25) is 37.3 Å². The van der Waals surface area contributed by atoms with Gasteiger partial charge < -0.3 is 33.8 Å². The van der Waals surface area contributed by atoms with Crippen LogP contribution in [0.4, 0.5) is 0 Å². The number of phosphoric acid groups is 2. The Morgan fingerprint density at radius 3 is 0.807 bits per heavy atom. The van der Waals surface area contributed by atoms with Crippen molar-refractivity contribution in [3.63, 3.8) is 0 Å². The van der Waals surface area contributed by atoms with E-state index in [9.17, 15) is 43.2 Å². The molecule has 0 saturated carbocycles. The van der Waals surface area contributed by atoms with Gasteiger partial charge in [0.25, 0.3) is 0 Å². The Bertz CT molecular complexity index is 1710. The van der Waals surface area contributed by atoms with Crippen LogP contribution in [0.25, 0.3) is 0 Å². The maximum Gasteiger partial charge on any atom is 0.472 e. The zero-order chi connectivity index (χ0) is 64.9. The molecule has 0 bridgehead atoms. The van der Waals surface area contributed by atoms with Crippen molar-refractivity contribution in [3.8, 4) is 0 Å². The molecule has 0 radical (unpaired) electrons. The van der Waals surface area contributed by atoms with Crippen molar-refractivity contribution in [1.82, 2.24) is 0 Å². The fourth-order valence-electron chi connectivity index (χ4n) is 10.4. The Labute approximate surface area is 537 Å². The van der Waals surface area contributed by atoms with Crippen LogP contribution in [0.5, 0.6) is 0 Å². The minimum Gasteiger partial charge on any atom is -0.462 e. The lowest BCUT2D eigenvalue weighted by Gasteiger charge is -2.21. The molecule has 3 unspecified atom stereocenters. The van der Waals surface area contributed by atoms with Gasteiger partial charge in [0, 0.05) is 25.7 Å². The van der Waals surface area contributed by atoms with E-state index in [0.717, 1.165) is 109 Å². The van der Waals surface area contributed by atoms with E-state index in [1.165, 1.54) is 167 Å². The highest BCUT2D eigenvalue weighted by molar-refractivity contribution is 7.47. The van der Waals surface area contributed by atoms with E-state index in [1.807, 2.05) is 0 Å². The number of aliphatic hydroxyl groups is 1. The highest BCUT2D eigenvalue weighted by Gasteiger charge is 2.30. The third kappa shape index (κ3) is 61.6. The molecule has 0 saturated heterocycles. The number of aliphatic hydroxyl groups excluding tert-OH is 1. The second-order valence-electron chi connectivity index (χ2n) is 25.2. The standard InChI is InChI=1S/C69H134O17P2/c1-6-10-13-16-19-21-23-25-27-28-33-38-43-48-53-67(72)80-59-65(86-69(74)55-50-45-40-35-31-30-32-37-41-46-51-62(5)9-4)61-84-88(77,78)82-57-63(70)56-81-87(75,76)83-60-64(58-79-66(71)52-47-42-36-18-15-12-8-3)85-68(73)54-49-44-39-34-29-26-24-22-20-17-14-11-7-2/h62-65,70H,6-61H2,1-5H3,(H,75,76)(H,77,78)/t62?,63-,64+,65+/m0/s1. The van der Waals surface area contributed by atoms with E-state index in [1.54, 1.807) is 0 Å². The van der Waals surface area contributed by atoms with Crippen LogP contribution in [0, 0.1) is 5.92 Å². The van der Waals surface area contributed by atoms with Crippen molar-refractivity contribution in [3.05, 3.63) is 0 Å². The first-order valence-electron chi connectivity index (χ1n) is 36.2. The van der Waals surface area contributed by atoms with E-state index < -0.39 is 97.5 Å². The highest BCUT2D eigenvalue weighted by atomic mass is 31.2. The molecule has 17 nitrogen and oxygen atoms in total. The predicted octanol–water partition coefficient (Wildman–Crippen LogP) is 19.7. The molecule has 0 aliphatic carbocycles. The first kappa shape index (κ1) is 86.1. The molecule has 0 aromatic carbocycles. The first-order valence-corrected chi connectivity index (χ1v) is 39.2. The molecular weight excluding hydrogens is 1160 g/mol. The molecule has 522 valence electrons. The molecule has 0 amide bonds. The molecule has 3 N–H and O–H groups in total. The van der Waals surface area contributed by atoms with Crippen molar-refractivity contribution in [2.75, 3.05) is 39.6 Å². The molecule has 6 atom stereocenters. The summed E-state index contributed by atoms with van der Waals surface area (Å²) < 4.78 is 68.2. The summed E-state index contributed by atoms with van der Waals surface area (Å²) in [7, 11) is -9.89. The molecule has 0 aromatic heterocycles. The van der Waals surface area contributed by atoms with Gasteiger partial charge in [0.1, 0.15) is 19.3 Å². The summed E-state index contributed by atoms with van der Waals surface area (Å²) in [4.78, 5) is 72.4. The number of ether oxygens (including phenoxy) is 4. The Morgan fingerprint density at radius 2 is 0.545 bits per heavy atom. The second-order valence-corrected chi connectivity index (χ2v) is 28.1. The average Bonchev–Trinajstić information content (AvgIpc) is 3.50. The monoisotopic (exact) mass is 1300 g/mol. The van der Waals surface area contributed by atoms with Gasteiger partial charge in [-0.1, -0.05) is 304 Å². The van der Waals surface area contributed by atoms with Crippen LogP contribution in [-0.2, 0) is 65.4 Å². The third-order valence-corrected chi connectivity index (χ3v) is 18.3. The fourth-order valence-corrected chi connectivity index (χ4v) is 12.0. The highest BCUT2D eigenvalue weighted by Crippen LogP contribution is 2.45. The van der Waals surface area contributed by atoms with Gasteiger partial charge >= 0.3 is 39.5 Å². The number of unbranched alkanes of at least 4 members (excludes halogenated alkanes) is 40. The predicted molar refractivity (Wildman–Crippen MR) is 354 cm³/mol. The van der Waals surface area contributed by atoms with Crippen LogP contribution in [0.1, 0.15) is 356 Å². The first-order chi connectivity index (χ1) is 42.6. The van der Waals surface area contributed by atoms with Crippen LogP contribution in [0.15, 0.2) is 0 Å². The van der Waals surface area contributed by atoms with Crippen LogP contribution in [0.2, 0.25) is 0 Å². The molecule has 0 aliphatic heterocycles. The van der Waals surface area contributed by atoms with Crippen molar-refractivity contribution >= 4 is 39.5 Å². The Hall–Kier alpha value is -1.94. The molecule has 0 aromatic rings. The summed E-state index contributed by atoms with van der Waals surface area (Å²) in [6.45, 7) is 7.23. The molecule has 0 spiro atoms. The summed E-state index contributed by atoms with van der Waals surface area (Å²) in [6, 6.07) is 0. The van der Waals surface area contributed by atoms with Crippen molar-refractivity contribution in [2.24, 2.45) is 5.92 Å². The van der Waals surface area contributed by atoms with Gasteiger partial charge in [0.2, 0.25) is 0 Å². The zero-order valence-corrected chi connectivity index (χ0v) is 58.6. The number of rotatable bonds is 69. The van der Waals surface area contributed by atoms with Gasteiger partial charge in [0.15, 0.2) is 12.2 Å². The maximum atomic E-state index is 13.0. The van der Waals surface area contributed by atoms with E-state index >= 15 is 0 Å². The SMILES string of the molecule is CCCCCCCCCCCCCCCCC(=O)OC[C@H](COP(=O)(O)OC[C@@H](O)COP(=O)(O)OC[C@@H](COC(=O)CCCCCCCCC)OC(=O)CCCCCCCCCCCCCCC)OC(=O)CCCCCCCCCCCCC(C)CC. The smallest absolute Gasteiger partial charge is 0.462 e. The van der Waals surface area contributed by atoms with Gasteiger partial charge in [-0.25, -0.2) is 9.13 Å². The van der Waals surface area contributed by atoms with Gasteiger partial charge in [-0.15, -0.1) is 0 Å². The number of hydrogen-bond acceptors (Lipinski definition) is 15. The lowest BCUT2D eigenvalue weighted by Crippen LogP contribution is -2.30. The van der Waals surface area contributed by atoms with Gasteiger partial charge in [-0.2, -0.15) is 0 Å². The summed E-state index contributed by atoms with van der Waals surface area (Å²) in [6.07, 6.45) is 48.5. The Kier molecular flexibility index (Phi) is 61.1. The minimum absolute atomic E-state index is 0.107. The molecular formula is C69H134O17P2. The number of hydrogen-bond donors (Lipinski definition) is 3. The number of phosphoric ester groups is 2. The van der Waals surface area contributed by atoms with E-state index in [0.29, 0.717) is 25.7 Å². The number of esters is 4. The van der Waals surface area contributed by atoms with Gasteiger partial charge in [0.05, 0.1) is 26.4 Å². The van der Waals surface area contributed by atoms with Crippen LogP contribution < -0.4 is 0 Å². The van der Waals surface area contributed by atoms with Crippen molar-refractivity contribution in [1.29, 1.82) is 0 Å². The van der Waals surface area contributed by atoms with E-state index in [4.69, 9.17) is 37.0 Å². The zero-order valence-electron chi connectivity index (χ0n) is 56.9. The third-order valence-electron chi connectivity index (χ3n) is 16.4. The summed E-state index contributed by atoms with van der Waals surface area (Å²) in [5.41, 5.74) is 0. The number of carbonyl (C=O) groups is 4. The van der Waals surface area contributed by atoms with Crippen LogP contribution in [0.3, 0.4) is 0 Å². The topological polar surface area (TPSA) is 237 Å². The average molecular weight is 1300 g/mol. The summed E-state index contributed by atoms with van der Waals surface area (Å²) >= 11 is 0. The fraction of sp³-hybridized carbons (Fsp3) is 0.942. The van der Waals surface area contributed by atoms with Crippen molar-refractivity contribution in [2.45, 2.75) is 374 Å². The summed E-state index contributed by atoms with van der Waals surface area (Å²) in [5, 5.41) is 10.6. The maximum absolute atomic E-state index is 13.0. The van der Waals surface area contributed by atoms with Crippen LogP contribution >= 0.6 is 15.6 Å². The van der Waals surface area contributed by atoms with Crippen molar-refractivity contribution < 1.29 is 80.2 Å². The normalized spacial score (nSPS) is 14.4. The Morgan fingerprint density at radius 1 is 0.318 bits per heavy atom. The molecule has 0 fully saturated rings. The second kappa shape index (κ2) is 62.5. The molecule has 0 heterocycles. The van der Waals surface area contributed by atoms with Crippen LogP contribution in [-0.4, -0.2) is 96.7 Å². The molecule has 0 aliphatic rings. The number of carbonyl (C=O) groups excluding carboxylic acids is 4. The van der Waals surface area contributed by atoms with E-state index in [2.05, 4.69) is 34.6 Å².